The molecule has 0 radical (unpaired) electrons. The van der Waals surface area contributed by atoms with Crippen LogP contribution in [0.5, 0.6) is 0 Å². The number of hydrogen-bond acceptors (Lipinski definition) is 5. The van der Waals surface area contributed by atoms with Crippen LogP contribution in [0, 0.1) is 0 Å². The molecule has 1 saturated heterocycles. The Hall–Kier alpha value is -3.06. The molecular weight excluding hydrogens is 402 g/mol. The zero-order valence-corrected chi connectivity index (χ0v) is 19.0. The summed E-state index contributed by atoms with van der Waals surface area (Å²) in [4.78, 5) is 31.3. The van der Waals surface area contributed by atoms with Gasteiger partial charge in [-0.1, -0.05) is 30.3 Å². The Bertz CT molecular complexity index is 904. The summed E-state index contributed by atoms with van der Waals surface area (Å²) in [6.07, 6.45) is 1.93. The maximum Gasteiger partial charge on any atom is 0.309 e. The van der Waals surface area contributed by atoms with E-state index in [2.05, 4.69) is 73.9 Å². The third-order valence-corrected chi connectivity index (χ3v) is 6.25. The summed E-state index contributed by atoms with van der Waals surface area (Å²) in [6.45, 7) is 4.03. The van der Waals surface area contributed by atoms with Crippen molar-refractivity contribution in [3.63, 3.8) is 0 Å². The molecule has 0 spiro atoms. The van der Waals surface area contributed by atoms with Gasteiger partial charge >= 0.3 is 11.8 Å². The van der Waals surface area contributed by atoms with Crippen molar-refractivity contribution in [1.82, 2.24) is 15.5 Å². The lowest BCUT2D eigenvalue weighted by Crippen LogP contribution is -2.51. The summed E-state index contributed by atoms with van der Waals surface area (Å²) in [6, 6.07) is 19.1. The first-order valence-corrected chi connectivity index (χ1v) is 11.4. The molecule has 0 aromatic heterocycles. The van der Waals surface area contributed by atoms with E-state index in [-0.39, 0.29) is 12.1 Å². The lowest BCUT2D eigenvalue weighted by atomic mass is 10.0. The predicted molar refractivity (Wildman–Crippen MR) is 128 cm³/mol. The molecule has 2 fully saturated rings. The van der Waals surface area contributed by atoms with Gasteiger partial charge in [0.1, 0.15) is 0 Å². The van der Waals surface area contributed by atoms with Crippen LogP contribution in [0.1, 0.15) is 24.4 Å². The molecule has 1 unspecified atom stereocenters. The van der Waals surface area contributed by atoms with Gasteiger partial charge in [0.05, 0.1) is 6.04 Å². The van der Waals surface area contributed by atoms with E-state index in [1.165, 1.54) is 5.69 Å². The van der Waals surface area contributed by atoms with Crippen LogP contribution in [-0.4, -0.2) is 69.6 Å². The van der Waals surface area contributed by atoms with Gasteiger partial charge in [-0.2, -0.15) is 0 Å². The first-order valence-electron chi connectivity index (χ1n) is 11.4. The number of para-hydroxylation sites is 1. The molecular formula is C25H33N5O2. The molecule has 2 aromatic carbocycles. The van der Waals surface area contributed by atoms with Crippen LogP contribution in [0.4, 0.5) is 11.4 Å². The molecule has 1 aliphatic heterocycles. The molecule has 1 heterocycles. The van der Waals surface area contributed by atoms with Crippen LogP contribution in [-0.2, 0) is 9.59 Å². The number of anilines is 2. The normalized spacial score (nSPS) is 17.5. The topological polar surface area (TPSA) is 67.9 Å². The highest BCUT2D eigenvalue weighted by molar-refractivity contribution is 6.35. The van der Waals surface area contributed by atoms with Gasteiger partial charge in [0, 0.05) is 64.2 Å². The number of benzene rings is 2. The van der Waals surface area contributed by atoms with E-state index in [9.17, 15) is 9.59 Å². The van der Waals surface area contributed by atoms with Gasteiger partial charge in [-0.05, 0) is 42.7 Å². The lowest BCUT2D eigenvalue weighted by Gasteiger charge is -2.40. The molecule has 2 aromatic rings. The summed E-state index contributed by atoms with van der Waals surface area (Å²) < 4.78 is 0. The van der Waals surface area contributed by atoms with Crippen molar-refractivity contribution in [3.8, 4) is 0 Å². The molecule has 0 bridgehead atoms. The van der Waals surface area contributed by atoms with Crippen molar-refractivity contribution >= 4 is 23.2 Å². The van der Waals surface area contributed by atoms with Gasteiger partial charge in [0.2, 0.25) is 0 Å². The second-order valence-corrected chi connectivity index (χ2v) is 8.82. The average molecular weight is 436 g/mol. The monoisotopic (exact) mass is 435 g/mol. The first kappa shape index (κ1) is 22.1. The Balaban J connectivity index is 1.43. The predicted octanol–water partition coefficient (Wildman–Crippen LogP) is 2.01. The van der Waals surface area contributed by atoms with Crippen LogP contribution in [0.25, 0.3) is 0 Å². The van der Waals surface area contributed by atoms with Crippen molar-refractivity contribution in [1.29, 1.82) is 0 Å². The quantitative estimate of drug-likeness (QED) is 0.652. The van der Waals surface area contributed by atoms with Gasteiger partial charge in [0.15, 0.2) is 0 Å². The van der Waals surface area contributed by atoms with E-state index in [1.807, 2.05) is 20.2 Å². The largest absolute Gasteiger partial charge is 0.378 e. The van der Waals surface area contributed by atoms with Crippen LogP contribution >= 0.6 is 0 Å². The molecule has 1 saturated carbocycles. The number of piperazine rings is 1. The molecule has 1 atom stereocenters. The Kier molecular flexibility index (Phi) is 6.95. The van der Waals surface area contributed by atoms with E-state index in [1.54, 1.807) is 0 Å². The molecule has 2 amide bonds. The highest BCUT2D eigenvalue weighted by Crippen LogP contribution is 2.26. The first-order chi connectivity index (χ1) is 15.5. The number of hydrogen-bond donors (Lipinski definition) is 2. The Morgan fingerprint density at radius 3 is 2.19 bits per heavy atom. The fraction of sp³-hybridized carbons (Fsp3) is 0.440. The third-order valence-electron chi connectivity index (χ3n) is 6.25. The van der Waals surface area contributed by atoms with E-state index < -0.39 is 11.8 Å². The van der Waals surface area contributed by atoms with Crippen LogP contribution in [0.2, 0.25) is 0 Å². The summed E-state index contributed by atoms with van der Waals surface area (Å²) in [7, 11) is 4.04. The van der Waals surface area contributed by atoms with E-state index in [0.29, 0.717) is 6.54 Å². The van der Waals surface area contributed by atoms with E-state index in [0.717, 1.165) is 50.3 Å². The van der Waals surface area contributed by atoms with Crippen molar-refractivity contribution < 1.29 is 9.59 Å². The van der Waals surface area contributed by atoms with Gasteiger partial charge in [0.25, 0.3) is 0 Å². The number of nitrogens with zero attached hydrogens (tertiary/aromatic N) is 3. The summed E-state index contributed by atoms with van der Waals surface area (Å²) in [5.74, 6) is -1.07. The standard InChI is InChI=1S/C25H33N5O2/c1-28(2)21-12-8-19(9-13-21)23(18-26-24(31)25(32)27-20-10-11-20)30-16-14-29(15-17-30)22-6-4-3-5-7-22/h3-9,12-13,20,23H,10-11,14-18H2,1-2H3,(H,26,31)(H,27,32). The van der Waals surface area contributed by atoms with Gasteiger partial charge < -0.3 is 20.4 Å². The van der Waals surface area contributed by atoms with Crippen LogP contribution in [0.15, 0.2) is 54.6 Å². The summed E-state index contributed by atoms with van der Waals surface area (Å²) in [5.41, 5.74) is 3.52. The highest BCUT2D eigenvalue weighted by atomic mass is 16.2. The van der Waals surface area contributed by atoms with Crippen molar-refractivity contribution in [3.05, 3.63) is 60.2 Å². The van der Waals surface area contributed by atoms with Crippen LogP contribution in [0.3, 0.4) is 0 Å². The zero-order chi connectivity index (χ0) is 22.5. The number of carbonyl (C=O) groups excluding carboxylic acids is 2. The van der Waals surface area contributed by atoms with Crippen molar-refractivity contribution in [2.24, 2.45) is 0 Å². The molecule has 170 valence electrons. The molecule has 7 nitrogen and oxygen atoms in total. The maximum absolute atomic E-state index is 12.3. The van der Waals surface area contributed by atoms with Gasteiger partial charge in [-0.3, -0.25) is 14.5 Å². The summed E-state index contributed by atoms with van der Waals surface area (Å²) >= 11 is 0. The molecule has 1 aliphatic carbocycles. The number of amides is 2. The molecule has 32 heavy (non-hydrogen) atoms. The Morgan fingerprint density at radius 2 is 1.59 bits per heavy atom. The van der Waals surface area contributed by atoms with Gasteiger partial charge in [-0.15, -0.1) is 0 Å². The zero-order valence-electron chi connectivity index (χ0n) is 19.0. The smallest absolute Gasteiger partial charge is 0.309 e. The minimum absolute atomic E-state index is 0.0156. The number of carbonyl (C=O) groups is 2. The summed E-state index contributed by atoms with van der Waals surface area (Å²) in [5, 5.41) is 5.64. The van der Waals surface area contributed by atoms with E-state index >= 15 is 0 Å². The molecule has 4 rings (SSSR count). The SMILES string of the molecule is CN(C)c1ccc(C(CNC(=O)C(=O)NC2CC2)N2CCN(c3ccccc3)CC2)cc1. The fourth-order valence-electron chi connectivity index (χ4n) is 4.13. The second kappa shape index (κ2) is 10.0. The van der Waals surface area contributed by atoms with Crippen molar-refractivity contribution in [2.45, 2.75) is 24.9 Å². The molecule has 2 aliphatic rings. The fourth-order valence-corrected chi connectivity index (χ4v) is 4.13. The third kappa shape index (κ3) is 5.59. The minimum Gasteiger partial charge on any atom is -0.378 e. The van der Waals surface area contributed by atoms with Crippen LogP contribution < -0.4 is 20.4 Å². The second-order valence-electron chi connectivity index (χ2n) is 8.82. The molecule has 7 heteroatoms. The number of nitrogens with one attached hydrogen (secondary N) is 2. The maximum atomic E-state index is 12.3. The lowest BCUT2D eigenvalue weighted by molar-refractivity contribution is -0.139. The average Bonchev–Trinajstić information content (AvgIpc) is 3.64. The van der Waals surface area contributed by atoms with E-state index in [4.69, 9.17) is 0 Å². The Morgan fingerprint density at radius 1 is 0.938 bits per heavy atom. The minimum atomic E-state index is -0.547. The van der Waals surface area contributed by atoms with Gasteiger partial charge in [-0.25, -0.2) is 0 Å². The number of rotatable bonds is 7. The highest BCUT2D eigenvalue weighted by Gasteiger charge is 2.29. The van der Waals surface area contributed by atoms with Crippen molar-refractivity contribution in [2.75, 3.05) is 56.6 Å². The molecule has 2 N–H and O–H groups in total. The Labute approximate surface area is 190 Å².